The molecule has 0 atom stereocenters. The van der Waals surface area contributed by atoms with Crippen molar-refractivity contribution in [2.75, 3.05) is 13.2 Å². The number of sulfonamides is 1. The summed E-state index contributed by atoms with van der Waals surface area (Å²) in [7, 11) is -3.79. The number of aromatic nitrogens is 2. The van der Waals surface area contributed by atoms with Gasteiger partial charge in [0.25, 0.3) is 10.0 Å². The van der Waals surface area contributed by atoms with Crippen LogP contribution in [0.4, 0.5) is 0 Å². The molecule has 1 aromatic rings. The number of H-pyrrole nitrogens is 1. The van der Waals surface area contributed by atoms with Crippen LogP contribution in [0, 0.1) is 0 Å². The molecule has 19 heavy (non-hydrogen) atoms. The standard InChI is InChI=1S/C11H19N3O4S/c1-5-14(8(3)4)19(16,17)10-9(7-12-13-10)11(15)18-6-2/h7-8H,5-6H2,1-4H3,(H,12,13). The number of carbonyl (C=O) groups excluding carboxylic acids is 1. The van der Waals surface area contributed by atoms with E-state index in [0.29, 0.717) is 6.54 Å². The van der Waals surface area contributed by atoms with Crippen molar-refractivity contribution in [1.82, 2.24) is 14.5 Å². The van der Waals surface area contributed by atoms with Crippen molar-refractivity contribution < 1.29 is 17.9 Å². The van der Waals surface area contributed by atoms with Gasteiger partial charge in [0.05, 0.1) is 12.8 Å². The van der Waals surface area contributed by atoms with Crippen LogP contribution in [0.1, 0.15) is 38.1 Å². The van der Waals surface area contributed by atoms with Crippen LogP contribution in [-0.4, -0.2) is 48.1 Å². The summed E-state index contributed by atoms with van der Waals surface area (Å²) in [6, 6.07) is -0.214. The van der Waals surface area contributed by atoms with Crippen LogP contribution in [0.25, 0.3) is 0 Å². The lowest BCUT2D eigenvalue weighted by molar-refractivity contribution is 0.0521. The number of esters is 1. The average Bonchev–Trinajstić information content (AvgIpc) is 2.78. The van der Waals surface area contributed by atoms with Crippen LogP contribution in [0.5, 0.6) is 0 Å². The van der Waals surface area contributed by atoms with E-state index in [9.17, 15) is 13.2 Å². The Bertz CT molecular complexity index is 536. The van der Waals surface area contributed by atoms with Crippen molar-refractivity contribution in [1.29, 1.82) is 0 Å². The first kappa shape index (κ1) is 15.6. The fourth-order valence-corrected chi connectivity index (χ4v) is 3.47. The van der Waals surface area contributed by atoms with Crippen LogP contribution in [0.2, 0.25) is 0 Å². The number of aromatic amines is 1. The molecule has 0 saturated carbocycles. The topological polar surface area (TPSA) is 92.4 Å². The summed E-state index contributed by atoms with van der Waals surface area (Å²) in [6.45, 7) is 7.39. The first-order chi connectivity index (χ1) is 8.86. The number of rotatable bonds is 6. The highest BCUT2D eigenvalue weighted by Gasteiger charge is 2.32. The molecule has 0 spiro atoms. The lowest BCUT2D eigenvalue weighted by atomic mass is 10.4. The molecule has 0 aliphatic heterocycles. The SMILES string of the molecule is CCOC(=O)c1cn[nH]c1S(=O)(=O)N(CC)C(C)C. The van der Waals surface area contributed by atoms with Crippen LogP contribution >= 0.6 is 0 Å². The lowest BCUT2D eigenvalue weighted by Gasteiger charge is -2.23. The van der Waals surface area contributed by atoms with E-state index in [1.165, 1.54) is 10.5 Å². The largest absolute Gasteiger partial charge is 0.462 e. The Hall–Kier alpha value is -1.41. The van der Waals surface area contributed by atoms with Crippen LogP contribution in [0.3, 0.4) is 0 Å². The second-order valence-electron chi connectivity index (χ2n) is 4.14. The number of carbonyl (C=O) groups is 1. The van der Waals surface area contributed by atoms with Crippen molar-refractivity contribution in [3.8, 4) is 0 Å². The quantitative estimate of drug-likeness (QED) is 0.789. The molecule has 0 aromatic carbocycles. The second-order valence-corrected chi connectivity index (χ2v) is 5.96. The maximum Gasteiger partial charge on any atom is 0.342 e. The van der Waals surface area contributed by atoms with Gasteiger partial charge in [-0.05, 0) is 20.8 Å². The Labute approximate surface area is 113 Å². The molecule has 0 fully saturated rings. The van der Waals surface area contributed by atoms with E-state index in [0.717, 1.165) is 0 Å². The van der Waals surface area contributed by atoms with E-state index in [1.54, 1.807) is 27.7 Å². The first-order valence-electron chi connectivity index (χ1n) is 6.08. The Kier molecular flexibility index (Phi) is 5.07. The van der Waals surface area contributed by atoms with Crippen LogP contribution in [0.15, 0.2) is 11.2 Å². The minimum absolute atomic E-state index is 0.0686. The number of hydrogen-bond donors (Lipinski definition) is 1. The molecule has 8 heteroatoms. The van der Waals surface area contributed by atoms with Gasteiger partial charge in [-0.3, -0.25) is 5.10 Å². The molecule has 7 nitrogen and oxygen atoms in total. The second kappa shape index (κ2) is 6.16. The van der Waals surface area contributed by atoms with E-state index in [2.05, 4.69) is 10.2 Å². The Morgan fingerprint density at radius 2 is 2.11 bits per heavy atom. The van der Waals surface area contributed by atoms with Gasteiger partial charge in [0.15, 0.2) is 5.03 Å². The summed E-state index contributed by atoms with van der Waals surface area (Å²) < 4.78 is 31.0. The normalized spacial score (nSPS) is 12.1. The van der Waals surface area contributed by atoms with Gasteiger partial charge in [-0.15, -0.1) is 0 Å². The van der Waals surface area contributed by atoms with Gasteiger partial charge in [-0.25, -0.2) is 13.2 Å². The smallest absolute Gasteiger partial charge is 0.342 e. The van der Waals surface area contributed by atoms with Crippen molar-refractivity contribution in [2.45, 2.75) is 38.8 Å². The average molecular weight is 289 g/mol. The van der Waals surface area contributed by atoms with Gasteiger partial charge in [-0.2, -0.15) is 9.40 Å². The van der Waals surface area contributed by atoms with Gasteiger partial charge in [0.2, 0.25) is 0 Å². The molecule has 0 unspecified atom stereocenters. The summed E-state index contributed by atoms with van der Waals surface area (Å²) in [5.41, 5.74) is -0.0686. The monoisotopic (exact) mass is 289 g/mol. The molecule has 0 aliphatic carbocycles. The van der Waals surface area contributed by atoms with Gasteiger partial charge in [0.1, 0.15) is 5.56 Å². The maximum absolute atomic E-state index is 12.4. The number of nitrogens with one attached hydrogen (secondary N) is 1. The molecule has 1 N–H and O–H groups in total. The Morgan fingerprint density at radius 1 is 1.47 bits per heavy atom. The highest BCUT2D eigenvalue weighted by atomic mass is 32.2. The molecule has 108 valence electrons. The van der Waals surface area contributed by atoms with Crippen LogP contribution in [-0.2, 0) is 14.8 Å². The molecule has 0 aliphatic rings. The molecule has 0 radical (unpaired) electrons. The van der Waals surface area contributed by atoms with E-state index < -0.39 is 16.0 Å². The zero-order valence-electron chi connectivity index (χ0n) is 11.5. The summed E-state index contributed by atoms with van der Waals surface area (Å²) in [5.74, 6) is -0.699. The summed E-state index contributed by atoms with van der Waals surface area (Å²) in [4.78, 5) is 11.7. The molecule has 0 amide bonds. The fourth-order valence-electron chi connectivity index (χ4n) is 1.76. The number of hydrogen-bond acceptors (Lipinski definition) is 5. The van der Waals surface area contributed by atoms with Crippen molar-refractivity contribution in [3.63, 3.8) is 0 Å². The Morgan fingerprint density at radius 3 is 2.58 bits per heavy atom. The summed E-state index contributed by atoms with van der Waals surface area (Å²) in [5, 5.41) is 5.79. The van der Waals surface area contributed by atoms with Gasteiger partial charge >= 0.3 is 5.97 Å². The highest BCUT2D eigenvalue weighted by Crippen LogP contribution is 2.20. The fraction of sp³-hybridized carbons (Fsp3) is 0.636. The molecule has 1 rings (SSSR count). The highest BCUT2D eigenvalue weighted by molar-refractivity contribution is 7.89. The van der Waals surface area contributed by atoms with Crippen molar-refractivity contribution in [3.05, 3.63) is 11.8 Å². The summed E-state index contributed by atoms with van der Waals surface area (Å²) >= 11 is 0. The van der Waals surface area contributed by atoms with Crippen molar-refractivity contribution in [2.24, 2.45) is 0 Å². The predicted molar refractivity (Wildman–Crippen MR) is 69.2 cm³/mol. The zero-order valence-corrected chi connectivity index (χ0v) is 12.3. The zero-order chi connectivity index (χ0) is 14.6. The van der Waals surface area contributed by atoms with E-state index in [-0.39, 0.29) is 23.2 Å². The molecule has 0 saturated heterocycles. The number of ether oxygens (including phenoxy) is 1. The van der Waals surface area contributed by atoms with Crippen LogP contribution < -0.4 is 0 Å². The maximum atomic E-state index is 12.4. The molecule has 1 heterocycles. The van der Waals surface area contributed by atoms with Gasteiger partial charge in [-0.1, -0.05) is 6.92 Å². The van der Waals surface area contributed by atoms with Crippen molar-refractivity contribution >= 4 is 16.0 Å². The molecule has 0 bridgehead atoms. The molecular weight excluding hydrogens is 270 g/mol. The minimum atomic E-state index is -3.79. The number of nitrogens with zero attached hydrogens (tertiary/aromatic N) is 2. The van der Waals surface area contributed by atoms with E-state index in [4.69, 9.17) is 4.74 Å². The predicted octanol–water partition coefficient (Wildman–Crippen LogP) is 1.01. The minimum Gasteiger partial charge on any atom is -0.462 e. The third-order valence-corrected chi connectivity index (χ3v) is 4.68. The first-order valence-corrected chi connectivity index (χ1v) is 7.52. The molecule has 1 aromatic heterocycles. The third kappa shape index (κ3) is 3.13. The van der Waals surface area contributed by atoms with E-state index in [1.807, 2.05) is 0 Å². The summed E-state index contributed by atoms with van der Waals surface area (Å²) in [6.07, 6.45) is 1.17. The van der Waals surface area contributed by atoms with Gasteiger partial charge in [0, 0.05) is 12.6 Å². The third-order valence-electron chi connectivity index (χ3n) is 2.55. The molecular formula is C11H19N3O4S. The van der Waals surface area contributed by atoms with E-state index >= 15 is 0 Å². The Balaban J connectivity index is 3.23. The van der Waals surface area contributed by atoms with Gasteiger partial charge < -0.3 is 4.74 Å². The lowest BCUT2D eigenvalue weighted by Crippen LogP contribution is -2.37.